The van der Waals surface area contributed by atoms with Gasteiger partial charge in [-0.15, -0.1) is 0 Å². The standard InChI is InChI=1S/C25H36N8O/c1-7-19-15-33(21-12-23(34)29(6)22-16-30(11-10-26)28-24(21)22)20(8-2)14-32(19)18(5)25-27-13-17(4)31(25)9-3/h12-13,16,18-20H,7-9,11,14-15H2,1-6H3/t18?,19-,20+/m1/s1. The quantitative estimate of drug-likeness (QED) is 0.534. The fourth-order valence-corrected chi connectivity index (χ4v) is 5.44. The van der Waals surface area contributed by atoms with Crippen molar-refractivity contribution in [1.82, 2.24) is 28.8 Å². The lowest BCUT2D eigenvalue weighted by molar-refractivity contribution is 0.0950. The SMILES string of the molecule is CC[C@H]1CN(C(C)c2ncc(C)n2CC)[C@H](CC)CN1c1cc(=O)n(C)c2cn(CC#N)nc12. The monoisotopic (exact) mass is 464 g/mol. The van der Waals surface area contributed by atoms with Gasteiger partial charge in [0.2, 0.25) is 0 Å². The van der Waals surface area contributed by atoms with Crippen molar-refractivity contribution >= 4 is 16.7 Å². The maximum absolute atomic E-state index is 12.9. The minimum Gasteiger partial charge on any atom is -0.364 e. The smallest absolute Gasteiger partial charge is 0.252 e. The molecule has 4 heterocycles. The molecular formula is C25H36N8O. The van der Waals surface area contributed by atoms with Gasteiger partial charge in [-0.2, -0.15) is 10.4 Å². The van der Waals surface area contributed by atoms with Crippen LogP contribution in [0.2, 0.25) is 0 Å². The molecule has 0 saturated carbocycles. The third-order valence-corrected chi connectivity index (χ3v) is 7.43. The highest BCUT2D eigenvalue weighted by Gasteiger charge is 2.37. The molecule has 1 aliphatic rings. The minimum atomic E-state index is -0.0573. The van der Waals surface area contributed by atoms with Gasteiger partial charge in [-0.25, -0.2) is 4.98 Å². The second-order valence-corrected chi connectivity index (χ2v) is 9.30. The Kier molecular flexibility index (Phi) is 6.80. The highest BCUT2D eigenvalue weighted by atomic mass is 16.1. The van der Waals surface area contributed by atoms with Crippen LogP contribution in [0.5, 0.6) is 0 Å². The van der Waals surface area contributed by atoms with Gasteiger partial charge in [0.15, 0.2) is 0 Å². The lowest BCUT2D eigenvalue weighted by Gasteiger charge is -2.49. The molecule has 0 radical (unpaired) electrons. The molecule has 0 aromatic carbocycles. The molecule has 34 heavy (non-hydrogen) atoms. The maximum Gasteiger partial charge on any atom is 0.252 e. The molecule has 1 saturated heterocycles. The van der Waals surface area contributed by atoms with Crippen molar-refractivity contribution in [2.75, 3.05) is 18.0 Å². The molecule has 3 aromatic rings. The summed E-state index contributed by atoms with van der Waals surface area (Å²) >= 11 is 0. The Morgan fingerprint density at radius 1 is 1.21 bits per heavy atom. The van der Waals surface area contributed by atoms with Crippen molar-refractivity contribution in [3.63, 3.8) is 0 Å². The van der Waals surface area contributed by atoms with Crippen LogP contribution in [0.4, 0.5) is 5.69 Å². The number of rotatable bonds is 7. The summed E-state index contributed by atoms with van der Waals surface area (Å²) in [6.45, 7) is 13.8. The fraction of sp³-hybridized carbons (Fsp3) is 0.600. The summed E-state index contributed by atoms with van der Waals surface area (Å²) in [6, 6.07) is 4.63. The van der Waals surface area contributed by atoms with E-state index in [2.05, 4.69) is 55.1 Å². The number of hydrogen-bond donors (Lipinski definition) is 0. The van der Waals surface area contributed by atoms with E-state index in [0.29, 0.717) is 6.04 Å². The van der Waals surface area contributed by atoms with Gasteiger partial charge in [-0.05, 0) is 33.6 Å². The van der Waals surface area contributed by atoms with Gasteiger partial charge in [-0.3, -0.25) is 14.4 Å². The summed E-state index contributed by atoms with van der Waals surface area (Å²) in [7, 11) is 1.76. The summed E-state index contributed by atoms with van der Waals surface area (Å²) in [6.07, 6.45) is 5.72. The van der Waals surface area contributed by atoms with E-state index in [1.807, 2.05) is 6.20 Å². The van der Waals surface area contributed by atoms with E-state index < -0.39 is 0 Å². The molecule has 1 unspecified atom stereocenters. The summed E-state index contributed by atoms with van der Waals surface area (Å²) < 4.78 is 5.54. The Bertz CT molecular complexity index is 1260. The molecule has 3 aromatic heterocycles. The first kappa shape index (κ1) is 24.0. The highest BCUT2D eigenvalue weighted by Crippen LogP contribution is 2.34. The van der Waals surface area contributed by atoms with E-state index in [1.165, 1.54) is 5.69 Å². The van der Waals surface area contributed by atoms with Crippen LogP contribution in [0.15, 0.2) is 23.3 Å². The van der Waals surface area contributed by atoms with E-state index in [1.54, 1.807) is 28.6 Å². The van der Waals surface area contributed by atoms with Gasteiger partial charge >= 0.3 is 0 Å². The minimum absolute atomic E-state index is 0.0573. The number of nitriles is 1. The number of nitrogens with zero attached hydrogens (tertiary/aromatic N) is 8. The molecule has 3 atom stereocenters. The molecule has 1 fully saturated rings. The lowest BCUT2D eigenvalue weighted by atomic mass is 9.99. The third-order valence-electron chi connectivity index (χ3n) is 7.43. The second-order valence-electron chi connectivity index (χ2n) is 9.30. The van der Waals surface area contributed by atoms with Gasteiger partial charge in [0.1, 0.15) is 17.9 Å². The number of fused-ring (bicyclic) bond motifs is 1. The van der Waals surface area contributed by atoms with Crippen LogP contribution in [-0.2, 0) is 20.1 Å². The predicted octanol–water partition coefficient (Wildman–Crippen LogP) is 3.22. The zero-order chi connectivity index (χ0) is 24.6. The van der Waals surface area contributed by atoms with E-state index in [9.17, 15) is 4.79 Å². The highest BCUT2D eigenvalue weighted by molar-refractivity contribution is 5.88. The van der Waals surface area contributed by atoms with Gasteiger partial charge in [-0.1, -0.05) is 13.8 Å². The van der Waals surface area contributed by atoms with E-state index >= 15 is 0 Å². The average molecular weight is 465 g/mol. The van der Waals surface area contributed by atoms with Crippen LogP contribution >= 0.6 is 0 Å². The molecule has 9 nitrogen and oxygen atoms in total. The van der Waals surface area contributed by atoms with Crippen LogP contribution in [0, 0.1) is 18.3 Å². The van der Waals surface area contributed by atoms with E-state index in [4.69, 9.17) is 15.3 Å². The van der Waals surface area contributed by atoms with E-state index in [0.717, 1.165) is 55.0 Å². The van der Waals surface area contributed by atoms with Gasteiger partial charge in [0.05, 0.1) is 29.5 Å². The van der Waals surface area contributed by atoms with Crippen LogP contribution in [0.25, 0.3) is 11.0 Å². The Balaban J connectivity index is 1.73. The third kappa shape index (κ3) is 4.00. The molecule has 0 amide bonds. The normalized spacial score (nSPS) is 20.1. The molecule has 1 aliphatic heterocycles. The van der Waals surface area contributed by atoms with Crippen molar-refractivity contribution < 1.29 is 0 Å². The Labute approximate surface area is 201 Å². The first-order valence-electron chi connectivity index (χ1n) is 12.3. The maximum atomic E-state index is 12.9. The average Bonchev–Trinajstić information content (AvgIpc) is 3.43. The lowest BCUT2D eigenvalue weighted by Crippen LogP contribution is -2.59. The molecule has 0 spiro atoms. The number of piperazine rings is 1. The van der Waals surface area contributed by atoms with Gasteiger partial charge < -0.3 is 14.0 Å². The number of hydrogen-bond acceptors (Lipinski definition) is 6. The Morgan fingerprint density at radius 3 is 2.59 bits per heavy atom. The Hall–Kier alpha value is -3.12. The molecule has 182 valence electrons. The molecule has 0 bridgehead atoms. The van der Waals surface area contributed by atoms with Crippen LogP contribution in [0.1, 0.15) is 58.1 Å². The molecule has 9 heteroatoms. The summed E-state index contributed by atoms with van der Waals surface area (Å²) in [5, 5.41) is 13.8. The summed E-state index contributed by atoms with van der Waals surface area (Å²) in [5.41, 5.74) is 3.55. The summed E-state index contributed by atoms with van der Waals surface area (Å²) in [4.78, 5) is 22.6. The van der Waals surface area contributed by atoms with Crippen LogP contribution < -0.4 is 10.5 Å². The number of aryl methyl sites for hydroxylation is 2. The van der Waals surface area contributed by atoms with Crippen molar-refractivity contribution in [3.05, 3.63) is 40.3 Å². The number of aromatic nitrogens is 5. The number of imidazole rings is 1. The first-order valence-corrected chi connectivity index (χ1v) is 12.3. The zero-order valence-electron chi connectivity index (χ0n) is 21.2. The zero-order valence-corrected chi connectivity index (χ0v) is 21.2. The Morgan fingerprint density at radius 2 is 1.94 bits per heavy atom. The first-order chi connectivity index (χ1) is 16.3. The fourth-order valence-electron chi connectivity index (χ4n) is 5.44. The molecule has 4 rings (SSSR count). The number of pyridine rings is 1. The molecule has 0 aliphatic carbocycles. The van der Waals surface area contributed by atoms with Crippen LogP contribution in [0.3, 0.4) is 0 Å². The predicted molar refractivity (Wildman–Crippen MR) is 134 cm³/mol. The largest absolute Gasteiger partial charge is 0.364 e. The van der Waals surface area contributed by atoms with E-state index in [-0.39, 0.29) is 24.2 Å². The van der Waals surface area contributed by atoms with Gasteiger partial charge in [0.25, 0.3) is 5.56 Å². The second kappa shape index (κ2) is 9.63. The summed E-state index contributed by atoms with van der Waals surface area (Å²) in [5.74, 6) is 1.12. The van der Waals surface area contributed by atoms with Crippen molar-refractivity contribution in [1.29, 1.82) is 5.26 Å². The number of anilines is 1. The molecule has 0 N–H and O–H groups in total. The van der Waals surface area contributed by atoms with Crippen molar-refractivity contribution in [3.8, 4) is 6.07 Å². The van der Waals surface area contributed by atoms with Crippen molar-refractivity contribution in [2.45, 2.75) is 78.7 Å². The van der Waals surface area contributed by atoms with Crippen LogP contribution in [-0.4, -0.2) is 54.0 Å². The van der Waals surface area contributed by atoms with Gasteiger partial charge in [0, 0.05) is 56.7 Å². The van der Waals surface area contributed by atoms with Crippen molar-refractivity contribution in [2.24, 2.45) is 7.05 Å². The molecular weight excluding hydrogens is 428 g/mol. The topological polar surface area (TPSA) is 87.9 Å².